The van der Waals surface area contributed by atoms with Crippen molar-refractivity contribution in [2.45, 2.75) is 118 Å². The third-order valence-corrected chi connectivity index (χ3v) is 25.5. The molecule has 0 aromatic heterocycles. The smallest absolute Gasteiger partial charge is 0.243 e. The molecule has 18 heteroatoms. The standard InChI is InChI=1S/C77H86N6O8S4/c1-60-26-34-73(35-27-60)92(84,85)80-46-12-42-78(43-13-47-81(57-65-17-8-16-64(50-65)56-80)93(86,87)74-36-28-61(2)29-37-74)54-68-20-10-24-71(52-68)77(70-22-6-5-7-23-70)72-25-11-21-69(53-72)55-79-44-14-48-82(94(88,89)75-38-30-62(3)31-39-75)58-66-18-9-19-67(51-66)59-83(49-15-45-79)95(90,91)76-40-32-63(4)33-41-76/h5-11,16-41,50-53,77H,12-15,42-49,54-59H2,1-4H3. The number of sulfonamides is 4. The highest BCUT2D eigenvalue weighted by Gasteiger charge is 2.31. The highest BCUT2D eigenvalue weighted by molar-refractivity contribution is 7.90. The molecule has 9 aromatic carbocycles. The van der Waals surface area contributed by atoms with Crippen LogP contribution in [0, 0.1) is 27.7 Å². The van der Waals surface area contributed by atoms with Crippen molar-refractivity contribution >= 4 is 40.1 Å². The molecule has 4 bridgehead atoms. The molecule has 0 aliphatic carbocycles. The second-order valence-corrected chi connectivity index (χ2v) is 33.3. The summed E-state index contributed by atoms with van der Waals surface area (Å²) >= 11 is 0. The van der Waals surface area contributed by atoms with E-state index in [1.165, 1.54) is 0 Å². The van der Waals surface area contributed by atoms with Gasteiger partial charge in [0.25, 0.3) is 0 Å². The zero-order valence-electron chi connectivity index (χ0n) is 54.7. The molecule has 14 nitrogen and oxygen atoms in total. The van der Waals surface area contributed by atoms with Crippen molar-refractivity contribution in [2.24, 2.45) is 0 Å². The molecule has 95 heavy (non-hydrogen) atoms. The molecule has 0 fully saturated rings. The number of hydrogen-bond donors (Lipinski definition) is 0. The van der Waals surface area contributed by atoms with E-state index in [9.17, 15) is 33.7 Å². The summed E-state index contributed by atoms with van der Waals surface area (Å²) in [6.07, 6.45) is 2.10. The Balaban J connectivity index is 0.881. The van der Waals surface area contributed by atoms with Gasteiger partial charge >= 0.3 is 0 Å². The molecule has 0 saturated heterocycles. The van der Waals surface area contributed by atoms with Crippen LogP contribution >= 0.6 is 0 Å². The Bertz CT molecular complexity index is 4060. The van der Waals surface area contributed by atoms with Crippen molar-refractivity contribution in [2.75, 3.05) is 52.4 Å². The van der Waals surface area contributed by atoms with Gasteiger partial charge in [0.1, 0.15) is 0 Å². The van der Waals surface area contributed by atoms with E-state index in [-0.39, 0.29) is 77.9 Å². The number of fused-ring (bicyclic) bond motifs is 4. The average molecular weight is 1350 g/mol. The minimum Gasteiger partial charge on any atom is -0.299 e. The van der Waals surface area contributed by atoms with Gasteiger partial charge in [0.05, 0.1) is 19.6 Å². The maximum absolute atomic E-state index is 14.6. The van der Waals surface area contributed by atoms with Crippen LogP contribution < -0.4 is 0 Å². The zero-order valence-corrected chi connectivity index (χ0v) is 58.0. The lowest BCUT2D eigenvalue weighted by molar-refractivity contribution is 0.238. The van der Waals surface area contributed by atoms with Gasteiger partial charge in [-0.2, -0.15) is 17.2 Å². The van der Waals surface area contributed by atoms with Crippen LogP contribution in [0.25, 0.3) is 0 Å². The third kappa shape index (κ3) is 17.4. The highest BCUT2D eigenvalue weighted by atomic mass is 32.2. The second kappa shape index (κ2) is 30.7. The van der Waals surface area contributed by atoms with E-state index < -0.39 is 40.1 Å². The molecule has 2 aliphatic rings. The average Bonchev–Trinajstić information content (AvgIpc) is 0.908. The largest absolute Gasteiger partial charge is 0.299 e. The lowest BCUT2D eigenvalue weighted by Crippen LogP contribution is -2.36. The van der Waals surface area contributed by atoms with E-state index in [0.717, 1.165) is 72.3 Å². The zero-order chi connectivity index (χ0) is 66.7. The lowest BCUT2D eigenvalue weighted by atomic mass is 9.84. The molecule has 0 saturated carbocycles. The predicted molar refractivity (Wildman–Crippen MR) is 377 cm³/mol. The lowest BCUT2D eigenvalue weighted by Gasteiger charge is -2.29. The molecule has 0 amide bonds. The highest BCUT2D eigenvalue weighted by Crippen LogP contribution is 2.35. The second-order valence-electron chi connectivity index (χ2n) is 25.5. The van der Waals surface area contributed by atoms with E-state index in [0.29, 0.717) is 65.0 Å². The van der Waals surface area contributed by atoms with Gasteiger partial charge in [-0.1, -0.05) is 198 Å². The summed E-state index contributed by atoms with van der Waals surface area (Å²) in [6.45, 7) is 12.5. The predicted octanol–water partition coefficient (Wildman–Crippen LogP) is 13.5. The molecular formula is C77H86N6O8S4. The van der Waals surface area contributed by atoms with Gasteiger partial charge in [-0.05, 0) is 178 Å². The van der Waals surface area contributed by atoms with Crippen molar-refractivity contribution in [3.63, 3.8) is 0 Å². The van der Waals surface area contributed by atoms with Gasteiger partial charge in [-0.3, -0.25) is 9.80 Å². The summed E-state index contributed by atoms with van der Waals surface area (Å²) in [6, 6.07) is 70.8. The molecular weight excluding hydrogens is 1270 g/mol. The van der Waals surface area contributed by atoms with Gasteiger partial charge in [-0.15, -0.1) is 0 Å². The van der Waals surface area contributed by atoms with E-state index in [1.54, 1.807) is 65.8 Å². The van der Waals surface area contributed by atoms with Crippen LogP contribution in [-0.2, 0) is 79.4 Å². The Morgan fingerprint density at radius 1 is 0.284 bits per heavy atom. The molecule has 2 heterocycles. The molecule has 0 unspecified atom stereocenters. The molecule has 0 radical (unpaired) electrons. The Morgan fingerprint density at radius 3 is 0.832 bits per heavy atom. The van der Waals surface area contributed by atoms with Crippen molar-refractivity contribution in [3.8, 4) is 0 Å². The van der Waals surface area contributed by atoms with Crippen molar-refractivity contribution in [3.05, 3.63) is 297 Å². The topological polar surface area (TPSA) is 156 Å². The van der Waals surface area contributed by atoms with Crippen LogP contribution in [0.15, 0.2) is 244 Å². The first-order valence-electron chi connectivity index (χ1n) is 32.8. The summed E-state index contributed by atoms with van der Waals surface area (Å²) in [7, 11) is -15.7. The van der Waals surface area contributed by atoms with E-state index in [2.05, 4.69) is 82.6 Å². The molecule has 9 aromatic rings. The molecule has 0 atom stereocenters. The summed E-state index contributed by atoms with van der Waals surface area (Å²) < 4.78 is 123. The van der Waals surface area contributed by atoms with Crippen LogP contribution in [0.3, 0.4) is 0 Å². The number of rotatable bonds is 15. The Labute approximate surface area is 564 Å². The van der Waals surface area contributed by atoms with Gasteiger partial charge in [0.2, 0.25) is 40.1 Å². The molecule has 0 spiro atoms. The monoisotopic (exact) mass is 1350 g/mol. The number of aryl methyl sites for hydroxylation is 4. The fraction of sp³-hybridized carbons (Fsp3) is 0.299. The molecule has 11 rings (SSSR count). The minimum absolute atomic E-state index is 0.118. The van der Waals surface area contributed by atoms with Crippen LogP contribution in [0.1, 0.15) is 104 Å². The number of nitrogens with zero attached hydrogens (tertiary/aromatic N) is 6. The van der Waals surface area contributed by atoms with Crippen LogP contribution in [0.4, 0.5) is 0 Å². The van der Waals surface area contributed by atoms with Crippen molar-refractivity contribution in [1.29, 1.82) is 0 Å². The van der Waals surface area contributed by atoms with Gasteiger partial charge in [0.15, 0.2) is 0 Å². The van der Waals surface area contributed by atoms with Crippen molar-refractivity contribution in [1.82, 2.24) is 27.0 Å². The molecule has 2 aliphatic heterocycles. The SMILES string of the molecule is Cc1ccc(S(=O)(=O)N2CCCN(Cc3cccc(C(c4ccccc4)c4cccc(CN5CCCN(S(=O)(=O)c6ccc(C)cc6)Cc6cccc(c6)CN(S(=O)(=O)c6ccc(C)cc6)CCC5)c4)c3)CCCN(S(=O)(=O)c3ccc(C)cc3)Cc3cccc(c3)C2)cc1. The maximum atomic E-state index is 14.6. The van der Waals surface area contributed by atoms with Crippen LogP contribution in [0.5, 0.6) is 0 Å². The van der Waals surface area contributed by atoms with Crippen molar-refractivity contribution < 1.29 is 33.7 Å². The fourth-order valence-corrected chi connectivity index (χ4v) is 18.8. The van der Waals surface area contributed by atoms with Crippen LogP contribution in [-0.4, -0.2) is 113 Å². The summed E-state index contributed by atoms with van der Waals surface area (Å²) in [4.78, 5) is 5.53. The number of hydrogen-bond acceptors (Lipinski definition) is 10. The summed E-state index contributed by atoms with van der Waals surface area (Å²) in [5.74, 6) is -0.189. The van der Waals surface area contributed by atoms with E-state index >= 15 is 0 Å². The minimum atomic E-state index is -3.93. The summed E-state index contributed by atoms with van der Waals surface area (Å²) in [5, 5.41) is 0. The quantitative estimate of drug-likeness (QED) is 0.0905. The maximum Gasteiger partial charge on any atom is 0.243 e. The molecule has 0 N–H and O–H groups in total. The first-order chi connectivity index (χ1) is 45.7. The Kier molecular flexibility index (Phi) is 22.3. The Hall–Kier alpha value is -7.46. The first kappa shape index (κ1) is 68.9. The van der Waals surface area contributed by atoms with Gasteiger partial charge in [-0.25, -0.2) is 33.7 Å². The first-order valence-corrected chi connectivity index (χ1v) is 38.5. The van der Waals surface area contributed by atoms with Crippen LogP contribution in [0.2, 0.25) is 0 Å². The molecule has 496 valence electrons. The van der Waals surface area contributed by atoms with E-state index in [1.807, 2.05) is 131 Å². The van der Waals surface area contributed by atoms with Gasteiger partial charge < -0.3 is 0 Å². The normalized spacial score (nSPS) is 16.6. The Morgan fingerprint density at radius 2 is 0.547 bits per heavy atom. The number of benzene rings is 9. The fourth-order valence-electron chi connectivity index (χ4n) is 12.9. The van der Waals surface area contributed by atoms with E-state index in [4.69, 9.17) is 0 Å². The van der Waals surface area contributed by atoms with Gasteiger partial charge in [0, 0.05) is 71.4 Å². The summed E-state index contributed by atoms with van der Waals surface area (Å²) in [5.41, 5.74) is 12.3. The third-order valence-electron chi connectivity index (χ3n) is 18.1.